The van der Waals surface area contributed by atoms with Crippen LogP contribution in [-0.2, 0) is 9.59 Å². The van der Waals surface area contributed by atoms with Gasteiger partial charge in [0, 0.05) is 5.69 Å². The summed E-state index contributed by atoms with van der Waals surface area (Å²) in [6.07, 6.45) is 0.823. The van der Waals surface area contributed by atoms with Gasteiger partial charge in [0.1, 0.15) is 11.4 Å². The molecule has 1 aliphatic rings. The third kappa shape index (κ3) is 4.02. The van der Waals surface area contributed by atoms with Gasteiger partial charge in [0.2, 0.25) is 0 Å². The number of imide groups is 1. The summed E-state index contributed by atoms with van der Waals surface area (Å²) in [6.45, 7) is 6.53. The number of carbonyl (C=O) groups is 2. The van der Waals surface area contributed by atoms with E-state index in [0.717, 1.165) is 23.2 Å². The van der Waals surface area contributed by atoms with E-state index in [1.165, 1.54) is 4.90 Å². The van der Waals surface area contributed by atoms with Gasteiger partial charge in [-0.15, -0.1) is 0 Å². The molecule has 0 aliphatic carbocycles. The zero-order valence-electron chi connectivity index (χ0n) is 18.5. The number of ether oxygens (including phenoxy) is 1. The van der Waals surface area contributed by atoms with Crippen molar-refractivity contribution in [1.29, 1.82) is 0 Å². The maximum atomic E-state index is 13.7. The van der Waals surface area contributed by atoms with E-state index in [-0.39, 0.29) is 11.6 Å². The monoisotopic (exact) mass is 426 g/mol. The highest BCUT2D eigenvalue weighted by Crippen LogP contribution is 2.38. The molecule has 0 unspecified atom stereocenters. The van der Waals surface area contributed by atoms with E-state index in [4.69, 9.17) is 4.74 Å². The van der Waals surface area contributed by atoms with E-state index in [0.29, 0.717) is 29.2 Å². The number of nitrogens with one attached hydrogen (secondary N) is 1. The highest BCUT2D eigenvalue weighted by Gasteiger charge is 2.41. The molecular formula is C27H26N2O3. The predicted molar refractivity (Wildman–Crippen MR) is 128 cm³/mol. The highest BCUT2D eigenvalue weighted by atomic mass is 16.5. The summed E-state index contributed by atoms with van der Waals surface area (Å²) >= 11 is 0. The first-order valence-corrected chi connectivity index (χ1v) is 10.8. The van der Waals surface area contributed by atoms with Crippen LogP contribution in [0.2, 0.25) is 0 Å². The Balaban J connectivity index is 1.83. The third-order valence-corrected chi connectivity index (χ3v) is 5.49. The Morgan fingerprint density at radius 3 is 2.28 bits per heavy atom. The zero-order valence-corrected chi connectivity index (χ0v) is 18.5. The minimum atomic E-state index is -0.403. The van der Waals surface area contributed by atoms with Crippen molar-refractivity contribution in [3.8, 4) is 5.75 Å². The number of para-hydroxylation sites is 3. The minimum Gasteiger partial charge on any atom is -0.491 e. The van der Waals surface area contributed by atoms with Crippen LogP contribution in [0, 0.1) is 13.8 Å². The maximum absolute atomic E-state index is 13.7. The standard InChI is InChI=1S/C27H26N2O3/c1-4-16-32-23-13-9-8-12-22(23)29-26(30)24(20-15-14-18(2)19(3)17-20)25(27(29)31)28-21-10-6-5-7-11-21/h5-15,17,28H,4,16H2,1-3H3. The molecule has 0 radical (unpaired) electrons. The largest absolute Gasteiger partial charge is 0.491 e. The summed E-state index contributed by atoms with van der Waals surface area (Å²) < 4.78 is 5.84. The summed E-state index contributed by atoms with van der Waals surface area (Å²) in [4.78, 5) is 28.5. The Hall–Kier alpha value is -3.86. The molecule has 0 aromatic heterocycles. The number of aryl methyl sites for hydroxylation is 2. The lowest BCUT2D eigenvalue weighted by Crippen LogP contribution is -2.32. The van der Waals surface area contributed by atoms with Crippen molar-refractivity contribution in [2.24, 2.45) is 0 Å². The zero-order chi connectivity index (χ0) is 22.7. The molecule has 0 saturated carbocycles. The average Bonchev–Trinajstić information content (AvgIpc) is 3.04. The van der Waals surface area contributed by atoms with Crippen LogP contribution in [0.1, 0.15) is 30.0 Å². The van der Waals surface area contributed by atoms with Crippen LogP contribution in [0.4, 0.5) is 11.4 Å². The predicted octanol–water partition coefficient (Wildman–Crippen LogP) is 5.49. The second-order valence-electron chi connectivity index (χ2n) is 7.80. The normalized spacial score (nSPS) is 13.7. The first kappa shape index (κ1) is 21.4. The Kier molecular flexibility index (Phi) is 6.08. The molecule has 162 valence electrons. The first-order valence-electron chi connectivity index (χ1n) is 10.8. The van der Waals surface area contributed by atoms with Crippen molar-refractivity contribution in [2.45, 2.75) is 27.2 Å². The second kappa shape index (κ2) is 9.10. The molecule has 3 aromatic carbocycles. The molecule has 32 heavy (non-hydrogen) atoms. The SMILES string of the molecule is CCCOc1ccccc1N1C(=O)C(Nc2ccccc2)=C(c2ccc(C)c(C)c2)C1=O. The summed E-state index contributed by atoms with van der Waals surface area (Å²) in [7, 11) is 0. The molecular weight excluding hydrogens is 400 g/mol. The fraction of sp³-hybridized carbons (Fsp3) is 0.185. The van der Waals surface area contributed by atoms with Gasteiger partial charge in [-0.2, -0.15) is 0 Å². The van der Waals surface area contributed by atoms with E-state index in [9.17, 15) is 9.59 Å². The quantitative estimate of drug-likeness (QED) is 0.508. The molecule has 1 N–H and O–H groups in total. The van der Waals surface area contributed by atoms with E-state index < -0.39 is 5.91 Å². The van der Waals surface area contributed by atoms with Crippen molar-refractivity contribution in [3.05, 3.63) is 95.2 Å². The lowest BCUT2D eigenvalue weighted by Gasteiger charge is -2.19. The topological polar surface area (TPSA) is 58.6 Å². The lowest BCUT2D eigenvalue weighted by molar-refractivity contribution is -0.120. The van der Waals surface area contributed by atoms with Gasteiger partial charge in [-0.3, -0.25) is 9.59 Å². The second-order valence-corrected chi connectivity index (χ2v) is 7.80. The summed E-state index contributed by atoms with van der Waals surface area (Å²) in [5, 5.41) is 3.19. The number of hydrogen-bond acceptors (Lipinski definition) is 4. The summed E-state index contributed by atoms with van der Waals surface area (Å²) in [6, 6.07) is 22.4. The lowest BCUT2D eigenvalue weighted by atomic mass is 9.99. The Morgan fingerprint density at radius 1 is 0.844 bits per heavy atom. The van der Waals surface area contributed by atoms with Crippen LogP contribution in [0.25, 0.3) is 5.57 Å². The molecule has 0 spiro atoms. The molecule has 0 atom stereocenters. The molecule has 0 saturated heterocycles. The average molecular weight is 427 g/mol. The maximum Gasteiger partial charge on any atom is 0.282 e. The van der Waals surface area contributed by atoms with Gasteiger partial charge < -0.3 is 10.1 Å². The molecule has 2 amide bonds. The smallest absolute Gasteiger partial charge is 0.282 e. The first-order chi connectivity index (χ1) is 15.5. The van der Waals surface area contributed by atoms with Crippen molar-refractivity contribution >= 4 is 28.8 Å². The summed E-state index contributed by atoms with van der Waals surface area (Å²) in [5.41, 5.74) is 4.68. The molecule has 5 nitrogen and oxygen atoms in total. The van der Waals surface area contributed by atoms with Crippen LogP contribution in [0.3, 0.4) is 0 Å². The molecule has 1 aliphatic heterocycles. The van der Waals surface area contributed by atoms with Crippen LogP contribution >= 0.6 is 0 Å². The number of rotatable bonds is 7. The molecule has 4 rings (SSSR count). The highest BCUT2D eigenvalue weighted by molar-refractivity contribution is 6.46. The molecule has 3 aromatic rings. The number of hydrogen-bond donors (Lipinski definition) is 1. The molecule has 1 heterocycles. The van der Waals surface area contributed by atoms with Crippen LogP contribution in [-0.4, -0.2) is 18.4 Å². The van der Waals surface area contributed by atoms with Gasteiger partial charge in [0.25, 0.3) is 11.8 Å². The van der Waals surface area contributed by atoms with Crippen LogP contribution < -0.4 is 15.0 Å². The fourth-order valence-electron chi connectivity index (χ4n) is 3.67. The Morgan fingerprint density at radius 2 is 1.56 bits per heavy atom. The van der Waals surface area contributed by atoms with Crippen molar-refractivity contribution < 1.29 is 14.3 Å². The van der Waals surface area contributed by atoms with Gasteiger partial charge in [-0.05, 0) is 61.2 Å². The molecule has 0 fully saturated rings. The van der Waals surface area contributed by atoms with E-state index in [1.807, 2.05) is 75.4 Å². The summed E-state index contributed by atoms with van der Waals surface area (Å²) in [5.74, 6) is -0.264. The van der Waals surface area contributed by atoms with E-state index in [1.54, 1.807) is 18.2 Å². The van der Waals surface area contributed by atoms with Crippen LogP contribution in [0.15, 0.2) is 78.5 Å². The number of nitrogens with zero attached hydrogens (tertiary/aromatic N) is 1. The van der Waals surface area contributed by atoms with Crippen molar-refractivity contribution in [2.75, 3.05) is 16.8 Å². The Bertz CT molecular complexity index is 1200. The van der Waals surface area contributed by atoms with Crippen molar-refractivity contribution in [3.63, 3.8) is 0 Å². The van der Waals surface area contributed by atoms with Gasteiger partial charge in [0.05, 0.1) is 17.9 Å². The third-order valence-electron chi connectivity index (χ3n) is 5.49. The van der Waals surface area contributed by atoms with E-state index >= 15 is 0 Å². The van der Waals surface area contributed by atoms with Gasteiger partial charge >= 0.3 is 0 Å². The minimum absolute atomic E-state index is 0.259. The molecule has 0 bridgehead atoms. The number of anilines is 2. The number of amides is 2. The fourth-order valence-corrected chi connectivity index (χ4v) is 3.67. The molecule has 5 heteroatoms. The Labute approximate surface area is 188 Å². The number of benzene rings is 3. The number of carbonyl (C=O) groups excluding carboxylic acids is 2. The van der Waals surface area contributed by atoms with Crippen molar-refractivity contribution in [1.82, 2.24) is 0 Å². The van der Waals surface area contributed by atoms with Gasteiger partial charge in [0.15, 0.2) is 0 Å². The van der Waals surface area contributed by atoms with Crippen LogP contribution in [0.5, 0.6) is 5.75 Å². The van der Waals surface area contributed by atoms with Gasteiger partial charge in [-0.25, -0.2) is 4.90 Å². The van der Waals surface area contributed by atoms with E-state index in [2.05, 4.69) is 5.32 Å². The van der Waals surface area contributed by atoms with Gasteiger partial charge in [-0.1, -0.05) is 55.5 Å².